The SMILES string of the molecule is CC(CO)N(C)S(=O)(=O)c1cc(Cl)ccc1C#N. The van der Waals surface area contributed by atoms with Gasteiger partial charge in [-0.15, -0.1) is 0 Å². The number of benzene rings is 1. The van der Waals surface area contributed by atoms with Crippen molar-refractivity contribution in [3.8, 4) is 6.07 Å². The molecule has 0 aliphatic rings. The normalized spacial score (nSPS) is 13.3. The first kappa shape index (κ1) is 14.9. The highest BCUT2D eigenvalue weighted by atomic mass is 35.5. The van der Waals surface area contributed by atoms with E-state index in [1.54, 1.807) is 6.92 Å². The van der Waals surface area contributed by atoms with Gasteiger partial charge in [-0.2, -0.15) is 9.57 Å². The lowest BCUT2D eigenvalue weighted by atomic mass is 10.2. The zero-order valence-corrected chi connectivity index (χ0v) is 11.5. The molecule has 0 amide bonds. The molecule has 0 fully saturated rings. The van der Waals surface area contributed by atoms with Crippen molar-refractivity contribution in [1.82, 2.24) is 4.31 Å². The number of aliphatic hydroxyl groups is 1. The number of halogens is 1. The van der Waals surface area contributed by atoms with E-state index < -0.39 is 16.1 Å². The van der Waals surface area contributed by atoms with Crippen molar-refractivity contribution >= 4 is 21.6 Å². The molecule has 0 aliphatic carbocycles. The van der Waals surface area contributed by atoms with Crippen LogP contribution in [0.5, 0.6) is 0 Å². The van der Waals surface area contributed by atoms with Crippen LogP contribution < -0.4 is 0 Å². The summed E-state index contributed by atoms with van der Waals surface area (Å²) >= 11 is 5.76. The third kappa shape index (κ3) is 2.82. The fraction of sp³-hybridized carbons (Fsp3) is 0.364. The van der Waals surface area contributed by atoms with Gasteiger partial charge in [0.15, 0.2) is 0 Å². The standard InChI is InChI=1S/C11H13ClN2O3S/c1-8(7-15)14(2)18(16,17)11-5-10(12)4-3-9(11)6-13/h3-5,8,15H,7H2,1-2H3. The van der Waals surface area contributed by atoms with Gasteiger partial charge < -0.3 is 5.11 Å². The molecule has 18 heavy (non-hydrogen) atoms. The molecule has 0 bridgehead atoms. The summed E-state index contributed by atoms with van der Waals surface area (Å²) in [5.41, 5.74) is 0.0244. The molecule has 1 aromatic carbocycles. The van der Waals surface area contributed by atoms with Crippen LogP contribution in [0.3, 0.4) is 0 Å². The lowest BCUT2D eigenvalue weighted by Crippen LogP contribution is -2.37. The summed E-state index contributed by atoms with van der Waals surface area (Å²) in [4.78, 5) is -0.152. The highest BCUT2D eigenvalue weighted by molar-refractivity contribution is 7.89. The number of nitriles is 1. The molecule has 1 N–H and O–H groups in total. The Morgan fingerprint density at radius 3 is 2.67 bits per heavy atom. The van der Waals surface area contributed by atoms with Gasteiger partial charge in [-0.1, -0.05) is 11.6 Å². The number of nitrogens with zero attached hydrogens (tertiary/aromatic N) is 2. The molecule has 0 saturated carbocycles. The van der Waals surface area contributed by atoms with Gasteiger partial charge in [0.05, 0.1) is 12.2 Å². The molecule has 7 heteroatoms. The summed E-state index contributed by atoms with van der Waals surface area (Å²) in [5, 5.41) is 18.2. The Morgan fingerprint density at radius 1 is 1.56 bits per heavy atom. The lowest BCUT2D eigenvalue weighted by molar-refractivity contribution is 0.214. The molecule has 98 valence electrons. The minimum atomic E-state index is -3.85. The molecule has 1 atom stereocenters. The largest absolute Gasteiger partial charge is 0.395 e. The van der Waals surface area contributed by atoms with E-state index in [1.165, 1.54) is 25.2 Å². The Labute approximate surface area is 111 Å². The molecule has 0 saturated heterocycles. The molecule has 0 radical (unpaired) electrons. The first-order valence-corrected chi connectivity index (χ1v) is 6.95. The molecule has 0 heterocycles. The van der Waals surface area contributed by atoms with E-state index in [0.717, 1.165) is 4.31 Å². The molecule has 1 unspecified atom stereocenters. The van der Waals surface area contributed by atoms with Crippen LogP contribution in [0.4, 0.5) is 0 Å². The van der Waals surface area contributed by atoms with Gasteiger partial charge in [0.2, 0.25) is 10.0 Å². The maximum absolute atomic E-state index is 12.3. The van der Waals surface area contributed by atoms with Gasteiger partial charge in [-0.05, 0) is 25.1 Å². The Balaban J connectivity index is 3.37. The molecular formula is C11H13ClN2O3S. The minimum absolute atomic E-state index is 0.0244. The van der Waals surface area contributed by atoms with Gasteiger partial charge in [-0.25, -0.2) is 8.42 Å². The topological polar surface area (TPSA) is 81.4 Å². The second-order valence-electron chi connectivity index (χ2n) is 3.81. The summed E-state index contributed by atoms with van der Waals surface area (Å²) in [5.74, 6) is 0. The van der Waals surface area contributed by atoms with Gasteiger partial charge >= 0.3 is 0 Å². The van der Waals surface area contributed by atoms with Crippen LogP contribution in [-0.2, 0) is 10.0 Å². The van der Waals surface area contributed by atoms with Crippen molar-refractivity contribution in [2.75, 3.05) is 13.7 Å². The third-order valence-corrected chi connectivity index (χ3v) is 4.85. The molecular weight excluding hydrogens is 276 g/mol. The highest BCUT2D eigenvalue weighted by Crippen LogP contribution is 2.24. The fourth-order valence-electron chi connectivity index (χ4n) is 1.31. The van der Waals surface area contributed by atoms with E-state index in [1.807, 2.05) is 6.07 Å². The first-order valence-electron chi connectivity index (χ1n) is 5.13. The van der Waals surface area contributed by atoms with E-state index in [2.05, 4.69) is 0 Å². The second-order valence-corrected chi connectivity index (χ2v) is 6.21. The molecule has 0 aromatic heterocycles. The zero-order valence-electron chi connectivity index (χ0n) is 9.96. The van der Waals surface area contributed by atoms with Gasteiger partial charge in [-0.3, -0.25) is 0 Å². The van der Waals surface area contributed by atoms with Crippen molar-refractivity contribution in [1.29, 1.82) is 5.26 Å². The smallest absolute Gasteiger partial charge is 0.244 e. The second kappa shape index (κ2) is 5.67. The van der Waals surface area contributed by atoms with Gasteiger partial charge in [0, 0.05) is 18.1 Å². The Kier molecular flexibility index (Phi) is 4.71. The van der Waals surface area contributed by atoms with E-state index >= 15 is 0 Å². The summed E-state index contributed by atoms with van der Waals surface area (Å²) in [6.45, 7) is 1.26. The minimum Gasteiger partial charge on any atom is -0.395 e. The van der Waals surface area contributed by atoms with Crippen LogP contribution in [0.25, 0.3) is 0 Å². The first-order chi connectivity index (χ1) is 8.34. The average molecular weight is 289 g/mol. The van der Waals surface area contributed by atoms with Crippen LogP contribution in [0.2, 0.25) is 5.02 Å². The molecule has 1 rings (SSSR count). The monoisotopic (exact) mass is 288 g/mol. The number of rotatable bonds is 4. The Hall–Kier alpha value is -1.13. The number of likely N-dealkylation sites (N-methyl/N-ethyl adjacent to an activating group) is 1. The zero-order chi connectivity index (χ0) is 13.9. The molecule has 5 nitrogen and oxygen atoms in total. The van der Waals surface area contributed by atoms with Crippen molar-refractivity contribution in [3.05, 3.63) is 28.8 Å². The summed E-state index contributed by atoms with van der Waals surface area (Å²) in [7, 11) is -2.50. The predicted molar refractivity (Wildman–Crippen MR) is 67.7 cm³/mol. The Morgan fingerprint density at radius 2 is 2.17 bits per heavy atom. The van der Waals surface area contributed by atoms with E-state index in [-0.39, 0.29) is 22.1 Å². The average Bonchev–Trinajstić information content (AvgIpc) is 2.36. The van der Waals surface area contributed by atoms with Crippen molar-refractivity contribution in [2.45, 2.75) is 17.9 Å². The van der Waals surface area contributed by atoms with Crippen LogP contribution in [0.15, 0.2) is 23.1 Å². The number of hydrogen-bond donors (Lipinski definition) is 1. The van der Waals surface area contributed by atoms with E-state index in [0.29, 0.717) is 0 Å². The van der Waals surface area contributed by atoms with Crippen LogP contribution >= 0.6 is 11.6 Å². The molecule has 1 aromatic rings. The summed E-state index contributed by atoms with van der Waals surface area (Å²) in [6.07, 6.45) is 0. The van der Waals surface area contributed by atoms with E-state index in [4.69, 9.17) is 22.0 Å². The van der Waals surface area contributed by atoms with Crippen molar-refractivity contribution in [3.63, 3.8) is 0 Å². The predicted octanol–water partition coefficient (Wildman–Crippen LogP) is 1.21. The van der Waals surface area contributed by atoms with Gasteiger partial charge in [0.1, 0.15) is 11.0 Å². The lowest BCUT2D eigenvalue weighted by Gasteiger charge is -2.23. The number of aliphatic hydroxyl groups excluding tert-OH is 1. The molecule has 0 aliphatic heterocycles. The third-order valence-electron chi connectivity index (χ3n) is 2.61. The Bertz CT molecular complexity index is 580. The highest BCUT2D eigenvalue weighted by Gasteiger charge is 2.27. The maximum Gasteiger partial charge on any atom is 0.244 e. The van der Waals surface area contributed by atoms with Crippen LogP contribution in [0, 0.1) is 11.3 Å². The quantitative estimate of drug-likeness (QED) is 0.903. The summed E-state index contributed by atoms with van der Waals surface area (Å²) < 4.78 is 25.6. The number of hydrogen-bond acceptors (Lipinski definition) is 4. The van der Waals surface area contributed by atoms with Crippen LogP contribution in [0.1, 0.15) is 12.5 Å². The van der Waals surface area contributed by atoms with Crippen molar-refractivity contribution < 1.29 is 13.5 Å². The van der Waals surface area contributed by atoms with Gasteiger partial charge in [0.25, 0.3) is 0 Å². The van der Waals surface area contributed by atoms with Crippen LogP contribution in [-0.4, -0.2) is 37.5 Å². The molecule has 0 spiro atoms. The maximum atomic E-state index is 12.3. The van der Waals surface area contributed by atoms with E-state index in [9.17, 15) is 8.42 Å². The summed E-state index contributed by atoms with van der Waals surface area (Å²) in [6, 6.07) is 5.27. The fourth-order valence-corrected chi connectivity index (χ4v) is 3.06. The number of sulfonamides is 1. The van der Waals surface area contributed by atoms with Crippen molar-refractivity contribution in [2.24, 2.45) is 0 Å².